The van der Waals surface area contributed by atoms with Crippen LogP contribution in [0.3, 0.4) is 0 Å². The van der Waals surface area contributed by atoms with Crippen molar-refractivity contribution in [2.45, 2.75) is 57.5 Å². The zero-order valence-electron chi connectivity index (χ0n) is 13.8. The molecule has 1 aromatic carbocycles. The molecule has 2 atom stereocenters. The Morgan fingerprint density at radius 3 is 2.61 bits per heavy atom. The molecule has 2 heterocycles. The second-order valence-corrected chi connectivity index (χ2v) is 7.36. The molecule has 1 saturated carbocycles. The maximum Gasteiger partial charge on any atom is 0.261 e. The second-order valence-electron chi connectivity index (χ2n) is 7.36. The van der Waals surface area contributed by atoms with Crippen LogP contribution in [0.2, 0.25) is 0 Å². The van der Waals surface area contributed by atoms with E-state index in [0.29, 0.717) is 12.1 Å². The Balaban J connectivity index is 1.37. The summed E-state index contributed by atoms with van der Waals surface area (Å²) in [6.07, 6.45) is 9.71. The molecule has 4 rings (SSSR count). The quantitative estimate of drug-likeness (QED) is 0.790. The van der Waals surface area contributed by atoms with Crippen LogP contribution >= 0.6 is 0 Å². The number of piperidine rings is 1. The Hall–Kier alpha value is -1.77. The number of carbonyl (C=O) groups excluding carboxylic acids is 1. The number of benzene rings is 1. The van der Waals surface area contributed by atoms with E-state index in [1.54, 1.807) is 5.57 Å². The average Bonchev–Trinajstić information content (AvgIpc) is 3.30. The number of ether oxygens (including phenoxy) is 1. The number of nitrogens with zero attached hydrogens (tertiary/aromatic N) is 1. The molecule has 23 heavy (non-hydrogen) atoms. The van der Waals surface area contributed by atoms with Crippen LogP contribution in [0.1, 0.15) is 44.1 Å². The van der Waals surface area contributed by atoms with Gasteiger partial charge in [-0.05, 0) is 69.1 Å². The minimum Gasteiger partial charge on any atom is -0.484 e. The number of rotatable bonds is 4. The first-order chi connectivity index (χ1) is 11.2. The summed E-state index contributed by atoms with van der Waals surface area (Å²) in [6, 6.07) is 8.72. The topological polar surface area (TPSA) is 29.5 Å². The van der Waals surface area contributed by atoms with E-state index in [-0.39, 0.29) is 12.5 Å². The Labute approximate surface area is 138 Å². The molecule has 122 valence electrons. The molecule has 3 heteroatoms. The van der Waals surface area contributed by atoms with Gasteiger partial charge in [-0.3, -0.25) is 4.79 Å². The monoisotopic (exact) mass is 311 g/mol. The molecule has 1 aromatic rings. The summed E-state index contributed by atoms with van der Waals surface area (Å²) in [5, 5.41) is 0. The van der Waals surface area contributed by atoms with Crippen LogP contribution in [-0.2, 0) is 4.79 Å². The lowest BCUT2D eigenvalue weighted by Gasteiger charge is -2.36. The fourth-order valence-corrected chi connectivity index (χ4v) is 4.11. The summed E-state index contributed by atoms with van der Waals surface area (Å²) < 4.78 is 5.72. The molecule has 1 amide bonds. The molecule has 3 aliphatic rings. The largest absolute Gasteiger partial charge is 0.484 e. The van der Waals surface area contributed by atoms with Gasteiger partial charge in [0.1, 0.15) is 5.75 Å². The lowest BCUT2D eigenvalue weighted by atomic mass is 9.95. The maximum absolute atomic E-state index is 12.6. The van der Waals surface area contributed by atoms with Gasteiger partial charge in [-0.2, -0.15) is 0 Å². The lowest BCUT2D eigenvalue weighted by molar-refractivity contribution is -0.137. The van der Waals surface area contributed by atoms with E-state index in [9.17, 15) is 4.79 Å². The van der Waals surface area contributed by atoms with Crippen molar-refractivity contribution in [3.05, 3.63) is 41.5 Å². The van der Waals surface area contributed by atoms with Crippen molar-refractivity contribution in [3.63, 3.8) is 0 Å². The van der Waals surface area contributed by atoms with Gasteiger partial charge in [0.25, 0.3) is 5.91 Å². The summed E-state index contributed by atoms with van der Waals surface area (Å²) in [7, 11) is 0. The van der Waals surface area contributed by atoms with Gasteiger partial charge in [0, 0.05) is 12.1 Å². The van der Waals surface area contributed by atoms with E-state index in [1.807, 2.05) is 31.2 Å². The highest BCUT2D eigenvalue weighted by Gasteiger charge is 2.41. The fraction of sp³-hybridized carbons (Fsp3) is 0.550. The smallest absolute Gasteiger partial charge is 0.261 e. The molecule has 0 N–H and O–H groups in total. The summed E-state index contributed by atoms with van der Waals surface area (Å²) in [6.45, 7) is 2.20. The fourth-order valence-electron chi connectivity index (χ4n) is 4.11. The molecule has 0 aromatic heterocycles. The number of fused-ring (bicyclic) bond motifs is 2. The highest BCUT2D eigenvalue weighted by Crippen LogP contribution is 2.41. The van der Waals surface area contributed by atoms with Gasteiger partial charge < -0.3 is 9.64 Å². The van der Waals surface area contributed by atoms with Crippen LogP contribution in [-0.4, -0.2) is 29.5 Å². The zero-order valence-corrected chi connectivity index (χ0v) is 13.8. The SMILES string of the molecule is Cc1cccc(OCC(=O)N2C3CCC2CC(=CC2CC2)C3)c1. The van der Waals surface area contributed by atoms with E-state index < -0.39 is 0 Å². The van der Waals surface area contributed by atoms with E-state index >= 15 is 0 Å². The molecule has 2 saturated heterocycles. The zero-order chi connectivity index (χ0) is 15.8. The van der Waals surface area contributed by atoms with Crippen LogP contribution in [0.25, 0.3) is 0 Å². The molecule has 0 spiro atoms. The Morgan fingerprint density at radius 2 is 1.96 bits per heavy atom. The number of aryl methyl sites for hydroxylation is 1. The molecular weight excluding hydrogens is 286 g/mol. The van der Waals surface area contributed by atoms with Crippen LogP contribution in [0.15, 0.2) is 35.9 Å². The minimum absolute atomic E-state index is 0.157. The Bertz CT molecular complexity index is 616. The first-order valence-corrected chi connectivity index (χ1v) is 8.89. The summed E-state index contributed by atoms with van der Waals surface area (Å²) in [5.41, 5.74) is 2.76. The molecule has 2 unspecified atom stereocenters. The summed E-state index contributed by atoms with van der Waals surface area (Å²) in [5.74, 6) is 1.79. The van der Waals surface area contributed by atoms with Crippen LogP contribution in [0.4, 0.5) is 0 Å². The van der Waals surface area contributed by atoms with Crippen molar-refractivity contribution < 1.29 is 9.53 Å². The van der Waals surface area contributed by atoms with Crippen molar-refractivity contribution in [3.8, 4) is 5.75 Å². The third-order valence-electron chi connectivity index (χ3n) is 5.35. The van der Waals surface area contributed by atoms with Gasteiger partial charge in [-0.1, -0.05) is 23.8 Å². The van der Waals surface area contributed by atoms with E-state index in [2.05, 4.69) is 11.0 Å². The minimum atomic E-state index is 0.157. The molecule has 3 nitrogen and oxygen atoms in total. The van der Waals surface area contributed by atoms with Gasteiger partial charge in [-0.15, -0.1) is 0 Å². The first kappa shape index (κ1) is 14.8. The summed E-state index contributed by atoms with van der Waals surface area (Å²) >= 11 is 0. The van der Waals surface area contributed by atoms with E-state index in [0.717, 1.165) is 42.9 Å². The van der Waals surface area contributed by atoms with Crippen molar-refractivity contribution in [2.75, 3.05) is 6.61 Å². The third-order valence-corrected chi connectivity index (χ3v) is 5.35. The first-order valence-electron chi connectivity index (χ1n) is 8.89. The number of amides is 1. The number of hydrogen-bond donors (Lipinski definition) is 0. The predicted molar refractivity (Wildman–Crippen MR) is 90.4 cm³/mol. The number of carbonyl (C=O) groups is 1. The van der Waals surface area contributed by atoms with E-state index in [4.69, 9.17) is 4.74 Å². The molecule has 0 radical (unpaired) electrons. The standard InChI is InChI=1S/C20H25NO2/c1-14-3-2-4-19(9-14)23-13-20(22)21-17-7-8-18(21)12-16(11-17)10-15-5-6-15/h2-4,9-10,15,17-18H,5-8,11-13H2,1H3. The van der Waals surface area contributed by atoms with Crippen LogP contribution in [0, 0.1) is 12.8 Å². The van der Waals surface area contributed by atoms with E-state index in [1.165, 1.54) is 12.8 Å². The van der Waals surface area contributed by atoms with Gasteiger partial charge in [0.2, 0.25) is 0 Å². The predicted octanol–water partition coefficient (Wildman–Crippen LogP) is 3.86. The highest BCUT2D eigenvalue weighted by atomic mass is 16.5. The second kappa shape index (κ2) is 6.03. The molecule has 1 aliphatic carbocycles. The van der Waals surface area contributed by atoms with Gasteiger partial charge in [-0.25, -0.2) is 0 Å². The molecule has 3 fully saturated rings. The lowest BCUT2D eigenvalue weighted by Crippen LogP contribution is -2.46. The highest BCUT2D eigenvalue weighted by molar-refractivity contribution is 5.79. The Kier molecular flexibility index (Phi) is 3.88. The Morgan fingerprint density at radius 1 is 1.22 bits per heavy atom. The number of hydrogen-bond acceptors (Lipinski definition) is 2. The van der Waals surface area contributed by atoms with Crippen molar-refractivity contribution in [2.24, 2.45) is 5.92 Å². The van der Waals surface area contributed by atoms with Crippen LogP contribution < -0.4 is 4.74 Å². The van der Waals surface area contributed by atoms with Crippen molar-refractivity contribution >= 4 is 5.91 Å². The normalized spacial score (nSPS) is 26.3. The van der Waals surface area contributed by atoms with Gasteiger partial charge in [0.05, 0.1) is 0 Å². The van der Waals surface area contributed by atoms with Crippen LogP contribution in [0.5, 0.6) is 5.75 Å². The van der Waals surface area contributed by atoms with Crippen molar-refractivity contribution in [1.82, 2.24) is 4.90 Å². The average molecular weight is 311 g/mol. The molecule has 2 bridgehead atoms. The van der Waals surface area contributed by atoms with Crippen molar-refractivity contribution in [1.29, 1.82) is 0 Å². The number of allylic oxidation sites excluding steroid dienone is 1. The molecule has 2 aliphatic heterocycles. The van der Waals surface area contributed by atoms with Gasteiger partial charge >= 0.3 is 0 Å². The third kappa shape index (κ3) is 3.29. The summed E-state index contributed by atoms with van der Waals surface area (Å²) in [4.78, 5) is 14.8. The van der Waals surface area contributed by atoms with Gasteiger partial charge in [0.15, 0.2) is 6.61 Å². The maximum atomic E-state index is 12.6. The molecular formula is C20H25NO2.